The third kappa shape index (κ3) is 2.83. The van der Waals surface area contributed by atoms with Gasteiger partial charge in [0.15, 0.2) is 0 Å². The molecule has 88 valence electrons. The predicted octanol–water partition coefficient (Wildman–Crippen LogP) is 2.42. The monoisotopic (exact) mass is 219 g/mol. The average Bonchev–Trinajstić information content (AvgIpc) is 2.28. The molecule has 1 atom stereocenters. The lowest BCUT2D eigenvalue weighted by molar-refractivity contribution is -0.0990. The van der Waals surface area contributed by atoms with Crippen LogP contribution in [0.4, 0.5) is 0 Å². The molecule has 0 spiro atoms. The Balaban J connectivity index is 1.74. The second-order valence-electron chi connectivity index (χ2n) is 5.25. The van der Waals surface area contributed by atoms with Gasteiger partial charge in [-0.1, -0.05) is 44.2 Å². The molecule has 0 radical (unpaired) electrons. The van der Waals surface area contributed by atoms with Crippen molar-refractivity contribution in [2.24, 2.45) is 5.41 Å². The van der Waals surface area contributed by atoms with Gasteiger partial charge in [0, 0.05) is 18.5 Å². The quantitative estimate of drug-likeness (QED) is 0.821. The van der Waals surface area contributed by atoms with E-state index in [1.54, 1.807) is 0 Å². The first-order valence-corrected chi connectivity index (χ1v) is 6.03. The molecule has 0 bridgehead atoms. The summed E-state index contributed by atoms with van der Waals surface area (Å²) < 4.78 is 5.24. The van der Waals surface area contributed by atoms with Crippen LogP contribution in [-0.4, -0.2) is 26.3 Å². The third-order valence-corrected chi connectivity index (χ3v) is 3.27. The van der Waals surface area contributed by atoms with E-state index in [1.165, 1.54) is 5.56 Å². The fraction of sp³-hybridized carbons (Fsp3) is 0.571. The molecular weight excluding hydrogens is 198 g/mol. The van der Waals surface area contributed by atoms with E-state index in [2.05, 4.69) is 49.5 Å². The van der Waals surface area contributed by atoms with Crippen LogP contribution in [0.15, 0.2) is 30.3 Å². The topological polar surface area (TPSA) is 21.3 Å². The summed E-state index contributed by atoms with van der Waals surface area (Å²) in [4.78, 5) is 0. The van der Waals surface area contributed by atoms with Crippen LogP contribution < -0.4 is 5.32 Å². The van der Waals surface area contributed by atoms with Crippen molar-refractivity contribution in [3.63, 3.8) is 0 Å². The standard InChI is InChI=1S/C14H21NO/c1-12(13-6-4-3-5-7-13)8-15-9-14(2)10-16-11-14/h3-7,12,15H,8-11H2,1-2H3. The number of rotatable bonds is 5. The Bertz CT molecular complexity index is 319. The first kappa shape index (κ1) is 11.6. The van der Waals surface area contributed by atoms with Gasteiger partial charge < -0.3 is 10.1 Å². The van der Waals surface area contributed by atoms with E-state index < -0.39 is 0 Å². The number of nitrogens with one attached hydrogen (secondary N) is 1. The third-order valence-electron chi connectivity index (χ3n) is 3.27. The van der Waals surface area contributed by atoms with E-state index in [9.17, 15) is 0 Å². The summed E-state index contributed by atoms with van der Waals surface area (Å²) in [5, 5.41) is 3.55. The molecule has 1 N–H and O–H groups in total. The van der Waals surface area contributed by atoms with Crippen LogP contribution in [0.5, 0.6) is 0 Å². The minimum atomic E-state index is 0.371. The van der Waals surface area contributed by atoms with Crippen molar-refractivity contribution in [3.8, 4) is 0 Å². The molecular formula is C14H21NO. The van der Waals surface area contributed by atoms with Gasteiger partial charge in [-0.2, -0.15) is 0 Å². The molecule has 1 aliphatic rings. The van der Waals surface area contributed by atoms with Gasteiger partial charge in [-0.05, 0) is 11.5 Å². The minimum Gasteiger partial charge on any atom is -0.380 e. The predicted molar refractivity (Wildman–Crippen MR) is 66.7 cm³/mol. The average molecular weight is 219 g/mol. The summed E-state index contributed by atoms with van der Waals surface area (Å²) >= 11 is 0. The van der Waals surface area contributed by atoms with E-state index in [-0.39, 0.29) is 0 Å². The van der Waals surface area contributed by atoms with Crippen LogP contribution in [-0.2, 0) is 4.74 Å². The summed E-state index contributed by atoms with van der Waals surface area (Å²) in [5.41, 5.74) is 1.78. The number of ether oxygens (including phenoxy) is 1. The van der Waals surface area contributed by atoms with Gasteiger partial charge in [-0.25, -0.2) is 0 Å². The zero-order valence-electron chi connectivity index (χ0n) is 10.2. The molecule has 1 aromatic rings. The van der Waals surface area contributed by atoms with Crippen molar-refractivity contribution in [2.45, 2.75) is 19.8 Å². The molecule has 0 aliphatic carbocycles. The smallest absolute Gasteiger partial charge is 0.0554 e. The Morgan fingerprint density at radius 1 is 1.31 bits per heavy atom. The Morgan fingerprint density at radius 2 is 2.00 bits per heavy atom. The molecule has 1 heterocycles. The molecule has 2 rings (SSSR count). The molecule has 2 nitrogen and oxygen atoms in total. The maximum atomic E-state index is 5.24. The second-order valence-corrected chi connectivity index (χ2v) is 5.25. The van der Waals surface area contributed by atoms with Gasteiger partial charge in [0.1, 0.15) is 0 Å². The second kappa shape index (κ2) is 4.98. The zero-order chi connectivity index (χ0) is 11.4. The lowest BCUT2D eigenvalue weighted by Crippen LogP contribution is -2.47. The summed E-state index contributed by atoms with van der Waals surface area (Å²) in [6.07, 6.45) is 0. The lowest BCUT2D eigenvalue weighted by atomic mass is 9.88. The Morgan fingerprint density at radius 3 is 2.56 bits per heavy atom. The maximum absolute atomic E-state index is 5.24. The molecule has 0 aromatic heterocycles. The van der Waals surface area contributed by atoms with Crippen molar-refractivity contribution in [1.82, 2.24) is 5.32 Å². The van der Waals surface area contributed by atoms with Crippen molar-refractivity contribution >= 4 is 0 Å². The Kier molecular flexibility index (Phi) is 3.62. The largest absolute Gasteiger partial charge is 0.380 e. The Hall–Kier alpha value is -0.860. The first-order chi connectivity index (χ1) is 7.70. The molecule has 16 heavy (non-hydrogen) atoms. The SMILES string of the molecule is CC(CNCC1(C)COC1)c1ccccc1. The molecule has 2 heteroatoms. The maximum Gasteiger partial charge on any atom is 0.0554 e. The van der Waals surface area contributed by atoms with Crippen LogP contribution in [0.1, 0.15) is 25.3 Å². The van der Waals surface area contributed by atoms with E-state index in [4.69, 9.17) is 4.74 Å². The highest BCUT2D eigenvalue weighted by atomic mass is 16.5. The van der Waals surface area contributed by atoms with Gasteiger partial charge in [0.2, 0.25) is 0 Å². The number of benzene rings is 1. The van der Waals surface area contributed by atoms with E-state index in [1.807, 2.05) is 0 Å². The molecule has 1 unspecified atom stereocenters. The molecule has 1 aromatic carbocycles. The summed E-state index contributed by atoms with van der Waals surface area (Å²) in [6, 6.07) is 10.7. The number of hydrogen-bond acceptors (Lipinski definition) is 2. The van der Waals surface area contributed by atoms with Crippen LogP contribution in [0.3, 0.4) is 0 Å². The normalized spacial score (nSPS) is 20.1. The highest BCUT2D eigenvalue weighted by Gasteiger charge is 2.32. The molecule has 0 amide bonds. The highest BCUT2D eigenvalue weighted by molar-refractivity contribution is 5.18. The Labute approximate surface area is 98.0 Å². The van der Waals surface area contributed by atoms with Crippen molar-refractivity contribution < 1.29 is 4.74 Å². The molecule has 1 aliphatic heterocycles. The molecule has 1 saturated heterocycles. The van der Waals surface area contributed by atoms with Gasteiger partial charge >= 0.3 is 0 Å². The van der Waals surface area contributed by atoms with Crippen molar-refractivity contribution in [1.29, 1.82) is 0 Å². The summed E-state index contributed by atoms with van der Waals surface area (Å²) in [7, 11) is 0. The first-order valence-electron chi connectivity index (χ1n) is 6.03. The lowest BCUT2D eigenvalue weighted by Gasteiger charge is -2.38. The van der Waals surface area contributed by atoms with Gasteiger partial charge in [0.25, 0.3) is 0 Å². The van der Waals surface area contributed by atoms with Crippen LogP contribution in [0, 0.1) is 5.41 Å². The molecule has 1 fully saturated rings. The van der Waals surface area contributed by atoms with Crippen LogP contribution >= 0.6 is 0 Å². The van der Waals surface area contributed by atoms with E-state index >= 15 is 0 Å². The van der Waals surface area contributed by atoms with E-state index in [0.717, 1.165) is 26.3 Å². The van der Waals surface area contributed by atoms with Gasteiger partial charge in [0.05, 0.1) is 13.2 Å². The van der Waals surface area contributed by atoms with E-state index in [0.29, 0.717) is 11.3 Å². The fourth-order valence-electron chi connectivity index (χ4n) is 2.04. The van der Waals surface area contributed by atoms with Gasteiger partial charge in [-0.15, -0.1) is 0 Å². The van der Waals surface area contributed by atoms with Crippen molar-refractivity contribution in [2.75, 3.05) is 26.3 Å². The fourth-order valence-corrected chi connectivity index (χ4v) is 2.04. The highest BCUT2D eigenvalue weighted by Crippen LogP contribution is 2.25. The minimum absolute atomic E-state index is 0.371. The number of hydrogen-bond donors (Lipinski definition) is 1. The van der Waals surface area contributed by atoms with Crippen LogP contribution in [0.25, 0.3) is 0 Å². The molecule has 0 saturated carbocycles. The zero-order valence-corrected chi connectivity index (χ0v) is 10.2. The van der Waals surface area contributed by atoms with Crippen molar-refractivity contribution in [3.05, 3.63) is 35.9 Å². The summed E-state index contributed by atoms with van der Waals surface area (Å²) in [5.74, 6) is 0.575. The van der Waals surface area contributed by atoms with Crippen LogP contribution in [0.2, 0.25) is 0 Å². The van der Waals surface area contributed by atoms with Gasteiger partial charge in [-0.3, -0.25) is 0 Å². The summed E-state index contributed by atoms with van der Waals surface area (Å²) in [6.45, 7) is 8.45.